The number of amides is 1. The number of aromatic nitrogens is 2. The molecular weight excluding hydrogens is 419 g/mol. The van der Waals surface area contributed by atoms with Crippen molar-refractivity contribution in [3.05, 3.63) is 77.9 Å². The highest BCUT2D eigenvalue weighted by atomic mass is 19.4. The maximum absolute atomic E-state index is 13.1. The molecule has 1 aromatic heterocycles. The number of halogens is 3. The maximum atomic E-state index is 13.1. The minimum atomic E-state index is -4.39. The van der Waals surface area contributed by atoms with Crippen molar-refractivity contribution < 1.29 is 22.7 Å². The molecule has 0 radical (unpaired) electrons. The van der Waals surface area contributed by atoms with Crippen LogP contribution in [0, 0.1) is 0 Å². The lowest BCUT2D eigenvalue weighted by molar-refractivity contribution is -0.137. The van der Waals surface area contributed by atoms with E-state index in [0.717, 1.165) is 12.1 Å². The summed E-state index contributed by atoms with van der Waals surface area (Å²) >= 11 is 0. The third-order valence-electron chi connectivity index (χ3n) is 4.61. The largest absolute Gasteiger partial charge is 0.491 e. The zero-order chi connectivity index (χ0) is 23.1. The van der Waals surface area contributed by atoms with Gasteiger partial charge in [0.25, 0.3) is 5.91 Å². The zero-order valence-electron chi connectivity index (χ0n) is 17.9. The quantitative estimate of drug-likeness (QED) is 0.528. The Balaban J connectivity index is 0.000000913. The molecule has 0 spiro atoms. The summed E-state index contributed by atoms with van der Waals surface area (Å²) in [5.41, 5.74) is 0.850. The summed E-state index contributed by atoms with van der Waals surface area (Å²) in [4.78, 5) is 22.9. The third kappa shape index (κ3) is 5.63. The fourth-order valence-electron chi connectivity index (χ4n) is 3.13. The summed E-state index contributed by atoms with van der Waals surface area (Å²) in [6.07, 6.45) is 0.0751. The predicted molar refractivity (Wildman–Crippen MR) is 115 cm³/mol. The predicted octanol–water partition coefficient (Wildman–Crippen LogP) is 5.61. The molecule has 0 bridgehead atoms. The van der Waals surface area contributed by atoms with Crippen LogP contribution in [-0.2, 0) is 12.7 Å². The Morgan fingerprint density at radius 1 is 1.00 bits per heavy atom. The van der Waals surface area contributed by atoms with Crippen LogP contribution in [-0.4, -0.2) is 33.9 Å². The van der Waals surface area contributed by atoms with E-state index < -0.39 is 11.7 Å². The summed E-state index contributed by atoms with van der Waals surface area (Å²) in [6, 6.07) is 11.6. The van der Waals surface area contributed by atoms with E-state index in [1.54, 1.807) is 41.6 Å². The number of carbonyl (C=O) groups is 1. The molecule has 5 nitrogen and oxygen atoms in total. The summed E-state index contributed by atoms with van der Waals surface area (Å²) < 4.78 is 44.1. The second-order valence-electron chi connectivity index (χ2n) is 7.23. The van der Waals surface area contributed by atoms with Crippen molar-refractivity contribution in [2.45, 2.75) is 33.0 Å². The van der Waals surface area contributed by atoms with E-state index in [-0.39, 0.29) is 12.5 Å². The molecule has 0 saturated carbocycles. The van der Waals surface area contributed by atoms with Gasteiger partial charge in [0.1, 0.15) is 18.2 Å². The lowest BCUT2D eigenvalue weighted by atomic mass is 10.0. The number of hydrogen-bond acceptors (Lipinski definition) is 4. The first-order valence-electron chi connectivity index (χ1n) is 10.3. The van der Waals surface area contributed by atoms with Crippen LogP contribution < -0.4 is 4.74 Å². The van der Waals surface area contributed by atoms with Gasteiger partial charge in [-0.1, -0.05) is 38.5 Å². The van der Waals surface area contributed by atoms with Gasteiger partial charge in [-0.3, -0.25) is 4.79 Å². The molecule has 0 saturated heterocycles. The maximum Gasteiger partial charge on any atom is 0.416 e. The van der Waals surface area contributed by atoms with Crippen molar-refractivity contribution in [3.63, 3.8) is 0 Å². The molecule has 0 atom stereocenters. The van der Waals surface area contributed by atoms with E-state index in [2.05, 4.69) is 23.8 Å². The minimum Gasteiger partial charge on any atom is -0.491 e. The van der Waals surface area contributed by atoms with Gasteiger partial charge in [0.15, 0.2) is 0 Å². The number of hydrogen-bond donors (Lipinski definition) is 0. The Labute approximate surface area is 184 Å². The molecule has 0 unspecified atom stereocenters. The molecule has 4 rings (SSSR count). The lowest BCUT2D eigenvalue weighted by Gasteiger charge is -2.19. The Bertz CT molecular complexity index is 1040. The van der Waals surface area contributed by atoms with Crippen molar-refractivity contribution >= 4 is 5.91 Å². The molecule has 168 valence electrons. The van der Waals surface area contributed by atoms with Gasteiger partial charge < -0.3 is 9.64 Å². The van der Waals surface area contributed by atoms with Crippen molar-refractivity contribution in [2.75, 3.05) is 13.2 Å². The molecule has 2 heterocycles. The van der Waals surface area contributed by atoms with Crippen LogP contribution in [0.25, 0.3) is 11.1 Å². The van der Waals surface area contributed by atoms with Crippen LogP contribution in [0.2, 0.25) is 0 Å². The monoisotopic (exact) mass is 443 g/mol. The van der Waals surface area contributed by atoms with Crippen molar-refractivity contribution in [3.8, 4) is 16.9 Å². The molecule has 0 fully saturated rings. The number of nitrogens with zero attached hydrogens (tertiary/aromatic N) is 3. The summed E-state index contributed by atoms with van der Waals surface area (Å²) in [7, 11) is 0. The van der Waals surface area contributed by atoms with Gasteiger partial charge in [-0.05, 0) is 41.5 Å². The van der Waals surface area contributed by atoms with E-state index >= 15 is 0 Å². The minimum absolute atomic E-state index is 0.237. The second kappa shape index (κ2) is 10.3. The van der Waals surface area contributed by atoms with Crippen LogP contribution in [0.4, 0.5) is 13.2 Å². The number of ether oxygens (including phenoxy) is 1. The van der Waals surface area contributed by atoms with Gasteiger partial charge in [0.05, 0.1) is 24.2 Å². The average molecular weight is 443 g/mol. The normalized spacial score (nSPS) is 13.4. The Morgan fingerprint density at radius 3 is 2.25 bits per heavy atom. The highest BCUT2D eigenvalue weighted by Crippen LogP contribution is 2.33. The van der Waals surface area contributed by atoms with Gasteiger partial charge in [-0.15, -0.1) is 0 Å². The average Bonchev–Trinajstić information content (AvgIpc) is 2.93. The van der Waals surface area contributed by atoms with Gasteiger partial charge >= 0.3 is 6.18 Å². The van der Waals surface area contributed by atoms with Crippen LogP contribution >= 0.6 is 0 Å². The molecule has 2 aromatic carbocycles. The standard InChI is InChI=1S/C21H16F3N3O2.C3H8/c22-21(23,24)16-5-2-14(3-6-16)15-4-7-18-17(12-15)20(28)27(10-11-29-18)13-19-25-8-1-9-26-19;1-3-2/h1-9,12H,10-11,13H2;3H2,1-2H3. The third-order valence-corrected chi connectivity index (χ3v) is 4.61. The highest BCUT2D eigenvalue weighted by Gasteiger charge is 2.30. The fraction of sp³-hybridized carbons (Fsp3) is 0.292. The van der Waals surface area contributed by atoms with Gasteiger partial charge in [0.2, 0.25) is 0 Å². The van der Waals surface area contributed by atoms with Gasteiger partial charge in [0, 0.05) is 12.4 Å². The van der Waals surface area contributed by atoms with E-state index in [1.165, 1.54) is 18.6 Å². The number of carbonyl (C=O) groups excluding carboxylic acids is 1. The Morgan fingerprint density at radius 2 is 1.62 bits per heavy atom. The molecule has 1 aliphatic rings. The van der Waals surface area contributed by atoms with E-state index in [1.807, 2.05) is 0 Å². The smallest absolute Gasteiger partial charge is 0.416 e. The molecule has 0 aliphatic carbocycles. The second-order valence-corrected chi connectivity index (χ2v) is 7.23. The molecule has 8 heteroatoms. The molecule has 0 N–H and O–H groups in total. The van der Waals surface area contributed by atoms with E-state index in [4.69, 9.17) is 4.74 Å². The number of fused-ring (bicyclic) bond motifs is 1. The molecular formula is C24H24F3N3O2. The topological polar surface area (TPSA) is 55.3 Å². The van der Waals surface area contributed by atoms with Crippen molar-refractivity contribution in [1.82, 2.24) is 14.9 Å². The first-order chi connectivity index (χ1) is 15.3. The molecule has 3 aromatic rings. The Hall–Kier alpha value is -3.42. The summed E-state index contributed by atoms with van der Waals surface area (Å²) in [5.74, 6) is 0.726. The zero-order valence-corrected chi connectivity index (χ0v) is 17.9. The van der Waals surface area contributed by atoms with E-state index in [0.29, 0.717) is 41.4 Å². The number of rotatable bonds is 3. The van der Waals surface area contributed by atoms with E-state index in [9.17, 15) is 18.0 Å². The van der Waals surface area contributed by atoms with Gasteiger partial charge in [-0.2, -0.15) is 13.2 Å². The molecule has 1 amide bonds. The van der Waals surface area contributed by atoms with Crippen LogP contribution in [0.1, 0.15) is 42.0 Å². The highest BCUT2D eigenvalue weighted by molar-refractivity contribution is 5.98. The fourth-order valence-corrected chi connectivity index (χ4v) is 3.13. The SMILES string of the molecule is CCC.O=C1c2cc(-c3ccc(C(F)(F)F)cc3)ccc2OCCN1Cc1ncccn1. The van der Waals surface area contributed by atoms with Crippen LogP contribution in [0.15, 0.2) is 60.9 Å². The van der Waals surface area contributed by atoms with Crippen molar-refractivity contribution in [1.29, 1.82) is 0 Å². The Kier molecular flexibility index (Phi) is 7.45. The first-order valence-corrected chi connectivity index (χ1v) is 10.3. The molecule has 1 aliphatic heterocycles. The van der Waals surface area contributed by atoms with Crippen molar-refractivity contribution in [2.24, 2.45) is 0 Å². The van der Waals surface area contributed by atoms with Gasteiger partial charge in [-0.25, -0.2) is 9.97 Å². The van der Waals surface area contributed by atoms with Crippen LogP contribution in [0.5, 0.6) is 5.75 Å². The summed E-state index contributed by atoms with van der Waals surface area (Å²) in [6.45, 7) is 5.19. The summed E-state index contributed by atoms with van der Waals surface area (Å²) in [5, 5.41) is 0. The number of benzene rings is 2. The van der Waals surface area contributed by atoms with Crippen LogP contribution in [0.3, 0.4) is 0 Å². The lowest BCUT2D eigenvalue weighted by Crippen LogP contribution is -2.32. The number of alkyl halides is 3. The molecule has 32 heavy (non-hydrogen) atoms. The first kappa shape index (κ1) is 23.2.